The third-order valence-electron chi connectivity index (χ3n) is 3.43. The van der Waals surface area contributed by atoms with Gasteiger partial charge in [0.2, 0.25) is 0 Å². The molecule has 26 heavy (non-hydrogen) atoms. The first-order valence-corrected chi connectivity index (χ1v) is 7.70. The Morgan fingerprint density at radius 2 is 1.69 bits per heavy atom. The Balaban J connectivity index is 1.58. The van der Waals surface area contributed by atoms with E-state index in [0.29, 0.717) is 17.2 Å². The number of carboxylic acid groups (broad SMARTS) is 1. The normalized spacial score (nSPS) is 10.6. The summed E-state index contributed by atoms with van der Waals surface area (Å²) < 4.78 is 5.60. The van der Waals surface area contributed by atoms with Crippen LogP contribution in [0.3, 0.4) is 0 Å². The summed E-state index contributed by atoms with van der Waals surface area (Å²) in [5, 5.41) is 15.4. The van der Waals surface area contributed by atoms with Gasteiger partial charge in [0.25, 0.3) is 0 Å². The number of carboxylic acids is 1. The molecule has 7 heteroatoms. The second-order valence-corrected chi connectivity index (χ2v) is 5.27. The number of rotatable bonds is 5. The molecule has 0 saturated carbocycles. The quantitative estimate of drug-likeness (QED) is 0.481. The van der Waals surface area contributed by atoms with E-state index >= 15 is 0 Å². The maximum atomic E-state index is 11.7. The Labute approximate surface area is 149 Å². The Hall–Kier alpha value is -3.87. The molecule has 0 aliphatic carbocycles. The van der Waals surface area contributed by atoms with Gasteiger partial charge in [-0.05, 0) is 36.4 Å². The van der Waals surface area contributed by atoms with E-state index in [1.807, 2.05) is 18.2 Å². The van der Waals surface area contributed by atoms with E-state index in [-0.39, 0.29) is 5.56 Å². The van der Waals surface area contributed by atoms with Crippen molar-refractivity contribution >= 4 is 23.9 Å². The van der Waals surface area contributed by atoms with Crippen LogP contribution >= 0.6 is 0 Å². The summed E-state index contributed by atoms with van der Waals surface area (Å²) in [4.78, 5) is 22.6. The van der Waals surface area contributed by atoms with Crippen LogP contribution in [0.2, 0.25) is 0 Å². The number of nitrogens with one attached hydrogen (secondary N) is 2. The Morgan fingerprint density at radius 1 is 0.962 bits per heavy atom. The highest BCUT2D eigenvalue weighted by Gasteiger charge is 2.06. The van der Waals surface area contributed by atoms with E-state index in [1.54, 1.807) is 36.4 Å². The lowest BCUT2D eigenvalue weighted by atomic mass is 10.1. The molecule has 0 saturated heterocycles. The van der Waals surface area contributed by atoms with Crippen molar-refractivity contribution in [2.45, 2.75) is 0 Å². The van der Waals surface area contributed by atoms with Gasteiger partial charge in [-0.1, -0.05) is 30.3 Å². The van der Waals surface area contributed by atoms with Crippen LogP contribution in [0.5, 0.6) is 0 Å². The van der Waals surface area contributed by atoms with Crippen molar-refractivity contribution in [1.82, 2.24) is 5.43 Å². The maximum absolute atomic E-state index is 11.7. The molecule has 0 bridgehead atoms. The minimum Gasteiger partial charge on any atom is -0.478 e. The summed E-state index contributed by atoms with van der Waals surface area (Å²) in [6.07, 6.45) is 1.37. The summed E-state index contributed by atoms with van der Waals surface area (Å²) in [5.41, 5.74) is 3.94. The number of nitrogens with zero attached hydrogens (tertiary/aromatic N) is 1. The first kappa shape index (κ1) is 17.0. The number of anilines is 1. The lowest BCUT2D eigenvalue weighted by molar-refractivity contribution is 0.0697. The number of hydrogen-bond donors (Lipinski definition) is 3. The number of carbonyl (C=O) groups excluding carboxylic acids is 1. The Kier molecular flexibility index (Phi) is 5.09. The van der Waals surface area contributed by atoms with Gasteiger partial charge in [-0.3, -0.25) is 0 Å². The van der Waals surface area contributed by atoms with Crippen molar-refractivity contribution in [3.63, 3.8) is 0 Å². The van der Waals surface area contributed by atoms with E-state index in [0.717, 1.165) is 5.56 Å². The number of hydrazone groups is 1. The average Bonchev–Trinajstić information content (AvgIpc) is 3.11. The molecule has 2 aromatic carbocycles. The van der Waals surface area contributed by atoms with Gasteiger partial charge in [-0.25, -0.2) is 15.0 Å². The largest absolute Gasteiger partial charge is 0.478 e. The highest BCUT2D eigenvalue weighted by molar-refractivity contribution is 5.90. The highest BCUT2D eigenvalue weighted by Crippen LogP contribution is 2.22. The lowest BCUT2D eigenvalue weighted by Crippen LogP contribution is -2.24. The van der Waals surface area contributed by atoms with Crippen LogP contribution in [0.1, 0.15) is 16.1 Å². The van der Waals surface area contributed by atoms with Crippen molar-refractivity contribution < 1.29 is 19.1 Å². The number of hydrogen-bond acceptors (Lipinski definition) is 4. The van der Waals surface area contributed by atoms with Gasteiger partial charge in [-0.15, -0.1) is 0 Å². The molecule has 7 nitrogen and oxygen atoms in total. The predicted molar refractivity (Wildman–Crippen MR) is 97.3 cm³/mol. The molecule has 0 radical (unpaired) electrons. The van der Waals surface area contributed by atoms with Gasteiger partial charge in [0.1, 0.15) is 11.5 Å². The fourth-order valence-corrected chi connectivity index (χ4v) is 2.19. The fraction of sp³-hybridized carbons (Fsp3) is 0. The second-order valence-electron chi connectivity index (χ2n) is 5.27. The number of para-hydroxylation sites is 1. The van der Waals surface area contributed by atoms with Crippen LogP contribution in [-0.2, 0) is 0 Å². The van der Waals surface area contributed by atoms with Gasteiger partial charge in [0.15, 0.2) is 0 Å². The van der Waals surface area contributed by atoms with Crippen LogP contribution in [-0.4, -0.2) is 23.3 Å². The zero-order valence-corrected chi connectivity index (χ0v) is 13.5. The molecular formula is C19H15N3O4. The third kappa shape index (κ3) is 4.35. The molecule has 0 aliphatic rings. The zero-order chi connectivity index (χ0) is 18.4. The molecule has 1 heterocycles. The molecule has 0 spiro atoms. The van der Waals surface area contributed by atoms with Gasteiger partial charge < -0.3 is 14.8 Å². The fourth-order valence-electron chi connectivity index (χ4n) is 2.19. The molecule has 0 aliphatic heterocycles. The second kappa shape index (κ2) is 7.80. The van der Waals surface area contributed by atoms with E-state index in [9.17, 15) is 9.59 Å². The predicted octanol–water partition coefficient (Wildman–Crippen LogP) is 3.80. The van der Waals surface area contributed by atoms with Crippen molar-refractivity contribution in [2.24, 2.45) is 5.10 Å². The number of benzene rings is 2. The van der Waals surface area contributed by atoms with Crippen LogP contribution in [0.4, 0.5) is 10.5 Å². The number of furan rings is 1. The van der Waals surface area contributed by atoms with E-state index in [2.05, 4.69) is 15.8 Å². The van der Waals surface area contributed by atoms with Crippen molar-refractivity contribution in [3.8, 4) is 11.3 Å². The van der Waals surface area contributed by atoms with Gasteiger partial charge in [-0.2, -0.15) is 5.10 Å². The molecular weight excluding hydrogens is 334 g/mol. The molecule has 3 aromatic rings. The third-order valence-corrected chi connectivity index (χ3v) is 3.43. The Bertz CT molecular complexity index is 931. The van der Waals surface area contributed by atoms with Crippen LogP contribution in [0.25, 0.3) is 11.3 Å². The van der Waals surface area contributed by atoms with Crippen LogP contribution in [0.15, 0.2) is 76.2 Å². The van der Waals surface area contributed by atoms with Crippen molar-refractivity contribution in [2.75, 3.05) is 5.32 Å². The summed E-state index contributed by atoms with van der Waals surface area (Å²) in [7, 11) is 0. The SMILES string of the molecule is O=C(NN=Cc1ccc(-c2ccc(C(=O)O)cc2)o1)Nc1ccccc1. The summed E-state index contributed by atoms with van der Waals surface area (Å²) >= 11 is 0. The van der Waals surface area contributed by atoms with E-state index in [1.165, 1.54) is 18.3 Å². The number of carbonyl (C=O) groups is 2. The minimum absolute atomic E-state index is 0.204. The molecule has 2 amide bonds. The summed E-state index contributed by atoms with van der Waals surface area (Å²) in [6, 6.07) is 18.3. The molecule has 130 valence electrons. The van der Waals surface area contributed by atoms with Crippen molar-refractivity contribution in [3.05, 3.63) is 78.1 Å². The minimum atomic E-state index is -0.983. The highest BCUT2D eigenvalue weighted by atomic mass is 16.4. The van der Waals surface area contributed by atoms with Crippen LogP contribution < -0.4 is 10.7 Å². The van der Waals surface area contributed by atoms with Gasteiger partial charge >= 0.3 is 12.0 Å². The molecule has 0 unspecified atom stereocenters. The maximum Gasteiger partial charge on any atom is 0.339 e. The summed E-state index contributed by atoms with van der Waals surface area (Å²) in [5.74, 6) is 0.0307. The average molecular weight is 349 g/mol. The molecule has 0 fully saturated rings. The molecule has 3 rings (SSSR count). The Morgan fingerprint density at radius 3 is 2.38 bits per heavy atom. The molecule has 1 aromatic heterocycles. The standard InChI is InChI=1S/C19H15N3O4/c23-18(24)14-8-6-13(7-9-14)17-11-10-16(26-17)12-20-22-19(25)21-15-4-2-1-3-5-15/h1-12H,(H,23,24)(H2,21,22,25). The van der Waals surface area contributed by atoms with Gasteiger partial charge in [0.05, 0.1) is 11.8 Å². The first-order valence-electron chi connectivity index (χ1n) is 7.70. The van der Waals surface area contributed by atoms with E-state index in [4.69, 9.17) is 9.52 Å². The number of amides is 2. The van der Waals surface area contributed by atoms with Gasteiger partial charge in [0, 0.05) is 11.3 Å². The van der Waals surface area contributed by atoms with Crippen molar-refractivity contribution in [1.29, 1.82) is 0 Å². The molecule has 0 atom stereocenters. The molecule has 3 N–H and O–H groups in total. The van der Waals surface area contributed by atoms with Crippen LogP contribution in [0, 0.1) is 0 Å². The monoisotopic (exact) mass is 349 g/mol. The first-order chi connectivity index (χ1) is 12.6. The van der Waals surface area contributed by atoms with E-state index < -0.39 is 12.0 Å². The number of aromatic carboxylic acids is 1. The lowest BCUT2D eigenvalue weighted by Gasteiger charge is -2.02. The summed E-state index contributed by atoms with van der Waals surface area (Å²) in [6.45, 7) is 0. The smallest absolute Gasteiger partial charge is 0.339 e. The number of urea groups is 1. The zero-order valence-electron chi connectivity index (χ0n) is 13.5. The topological polar surface area (TPSA) is 104 Å².